The van der Waals surface area contributed by atoms with Crippen molar-refractivity contribution >= 4 is 28.4 Å². The van der Waals surface area contributed by atoms with Gasteiger partial charge in [0.2, 0.25) is 0 Å². The van der Waals surface area contributed by atoms with Gasteiger partial charge in [-0.3, -0.25) is 14.4 Å². The second-order valence-electron chi connectivity index (χ2n) is 10.6. The van der Waals surface area contributed by atoms with Gasteiger partial charge in [-0.2, -0.15) is 0 Å². The topological polar surface area (TPSA) is 131 Å². The minimum absolute atomic E-state index is 0.0123. The number of nitrogens with one attached hydrogen (secondary N) is 1. The molecule has 0 fully saturated rings. The van der Waals surface area contributed by atoms with Crippen LogP contribution in [0.15, 0.2) is 47.4 Å². The Morgan fingerprint density at radius 3 is 2.51 bits per heavy atom. The summed E-state index contributed by atoms with van der Waals surface area (Å²) < 4.78 is 7.96. The summed E-state index contributed by atoms with van der Waals surface area (Å²) >= 11 is 0. The van der Waals surface area contributed by atoms with Crippen LogP contribution in [-0.4, -0.2) is 43.7 Å². The maximum absolute atomic E-state index is 14.0. The lowest BCUT2D eigenvalue weighted by Crippen LogP contribution is -2.41. The van der Waals surface area contributed by atoms with Crippen LogP contribution in [0.25, 0.3) is 11.0 Å². The number of rotatable bonds is 6. The highest BCUT2D eigenvalue weighted by atomic mass is 16.5. The number of imidazole rings is 1. The molecule has 3 N–H and O–H groups in total. The number of aromatic nitrogens is 2. The average molecular weight is 530 g/mol. The van der Waals surface area contributed by atoms with Gasteiger partial charge in [-0.05, 0) is 39.8 Å². The van der Waals surface area contributed by atoms with E-state index < -0.39 is 28.5 Å². The Morgan fingerprint density at radius 2 is 1.85 bits per heavy atom. The molecule has 0 saturated heterocycles. The summed E-state index contributed by atoms with van der Waals surface area (Å²) in [6.07, 6.45) is 1.22. The summed E-state index contributed by atoms with van der Waals surface area (Å²) in [7, 11) is 0. The molecule has 202 valence electrons. The van der Waals surface area contributed by atoms with Crippen molar-refractivity contribution in [3.05, 3.63) is 69.9 Å². The predicted molar refractivity (Wildman–Crippen MR) is 145 cm³/mol. The molecule has 1 aliphatic carbocycles. The van der Waals surface area contributed by atoms with Crippen LogP contribution < -0.4 is 10.1 Å². The molecule has 1 unspecified atom stereocenters. The number of fused-ring (bicyclic) bond motifs is 4. The number of phenolic OH excluding ortho intramolecular Hbond substituents is 2. The first-order valence-electron chi connectivity index (χ1n) is 12.9. The van der Waals surface area contributed by atoms with Crippen molar-refractivity contribution in [2.24, 2.45) is 0 Å². The average Bonchev–Trinajstić information content (AvgIpc) is 3.39. The van der Waals surface area contributed by atoms with Gasteiger partial charge in [-0.1, -0.05) is 26.0 Å². The Labute approximate surface area is 225 Å². The molecule has 1 aromatic heterocycles. The molecular formula is C30H31N3O6. The van der Waals surface area contributed by atoms with Crippen LogP contribution in [0.5, 0.6) is 17.2 Å². The van der Waals surface area contributed by atoms with E-state index in [1.54, 1.807) is 13.8 Å². The lowest BCUT2D eigenvalue weighted by atomic mass is 9.70. The van der Waals surface area contributed by atoms with Gasteiger partial charge in [0.05, 0.1) is 22.2 Å². The van der Waals surface area contributed by atoms with Crippen molar-refractivity contribution in [1.29, 1.82) is 0 Å². The smallest absolute Gasteiger partial charge is 0.194 e. The molecule has 2 heterocycles. The maximum atomic E-state index is 14.0. The monoisotopic (exact) mass is 529 g/mol. The Balaban J connectivity index is 1.51. The molecule has 3 aromatic rings. The fourth-order valence-electron chi connectivity index (χ4n) is 5.58. The molecule has 0 radical (unpaired) electrons. The normalized spacial score (nSPS) is 19.6. The van der Waals surface area contributed by atoms with Crippen LogP contribution in [-0.2, 0) is 21.5 Å². The number of benzene rings is 2. The van der Waals surface area contributed by atoms with Gasteiger partial charge >= 0.3 is 0 Å². The molecule has 0 spiro atoms. The molecule has 5 rings (SSSR count). The van der Waals surface area contributed by atoms with Crippen molar-refractivity contribution < 1.29 is 29.3 Å². The van der Waals surface area contributed by atoms with Crippen LogP contribution >= 0.6 is 0 Å². The zero-order valence-corrected chi connectivity index (χ0v) is 22.8. The third-order valence-electron chi connectivity index (χ3n) is 7.69. The van der Waals surface area contributed by atoms with E-state index in [0.717, 1.165) is 16.9 Å². The van der Waals surface area contributed by atoms with Crippen molar-refractivity contribution in [2.45, 2.75) is 59.4 Å². The highest BCUT2D eigenvalue weighted by Gasteiger charge is 2.56. The van der Waals surface area contributed by atoms with Crippen LogP contribution in [0.4, 0.5) is 0 Å². The molecule has 2 aliphatic rings. The van der Waals surface area contributed by atoms with Crippen molar-refractivity contribution in [2.75, 3.05) is 6.54 Å². The zero-order chi connectivity index (χ0) is 28.4. The van der Waals surface area contributed by atoms with E-state index in [9.17, 15) is 24.6 Å². The standard InChI is InChI=1S/C30H31N3O6/c1-14(2)29-32-18-9-7-8-10-19(18)33(29)12-11-31-16(4)22-20(35)13-21-30(6,28(22)38)24-26(37)15(3)25(36)23(17(5)34)27(24)39-21/h7-10,13-14,31,36-37H,11-12H2,1-6H3. The highest BCUT2D eigenvalue weighted by Crippen LogP contribution is 2.57. The molecular weight excluding hydrogens is 498 g/mol. The Bertz CT molecular complexity index is 1660. The summed E-state index contributed by atoms with van der Waals surface area (Å²) in [6, 6.07) is 7.90. The van der Waals surface area contributed by atoms with E-state index in [4.69, 9.17) is 9.72 Å². The summed E-state index contributed by atoms with van der Waals surface area (Å²) in [5, 5.41) is 24.7. The van der Waals surface area contributed by atoms with Gasteiger partial charge in [-0.15, -0.1) is 0 Å². The Hall–Kier alpha value is -4.40. The SMILES string of the molecule is CC(=O)c1c(O)c(C)c(O)c2c1OC1=CC(=O)C(=C(C)NCCn3c(C(C)C)nc4ccccc43)C(=O)C12C. The summed E-state index contributed by atoms with van der Waals surface area (Å²) in [5.41, 5.74) is 0.718. The van der Waals surface area contributed by atoms with Gasteiger partial charge < -0.3 is 24.8 Å². The minimum Gasteiger partial charge on any atom is -0.507 e. The fraction of sp³-hybridized carbons (Fsp3) is 0.333. The Morgan fingerprint density at radius 1 is 1.15 bits per heavy atom. The number of nitrogens with zero attached hydrogens (tertiary/aromatic N) is 2. The molecule has 9 heteroatoms. The van der Waals surface area contributed by atoms with Gasteiger partial charge in [0.1, 0.15) is 39.8 Å². The van der Waals surface area contributed by atoms with E-state index in [-0.39, 0.29) is 45.4 Å². The number of ketones is 3. The molecule has 1 aliphatic heterocycles. The molecule has 9 nitrogen and oxygen atoms in total. The number of hydrogen-bond donors (Lipinski definition) is 3. The van der Waals surface area contributed by atoms with Crippen molar-refractivity contribution in [1.82, 2.24) is 14.9 Å². The molecule has 2 aromatic carbocycles. The highest BCUT2D eigenvalue weighted by molar-refractivity contribution is 6.31. The van der Waals surface area contributed by atoms with Gasteiger partial charge in [0, 0.05) is 36.3 Å². The summed E-state index contributed by atoms with van der Waals surface area (Å²) in [6.45, 7) is 11.1. The second-order valence-corrected chi connectivity index (χ2v) is 10.6. The molecule has 39 heavy (non-hydrogen) atoms. The number of carbonyl (C=O) groups excluding carboxylic acids is 3. The summed E-state index contributed by atoms with van der Waals surface area (Å²) in [5.74, 6) is -1.28. The zero-order valence-electron chi connectivity index (χ0n) is 22.8. The Kier molecular flexibility index (Phi) is 6.13. The third kappa shape index (κ3) is 3.75. The van der Waals surface area contributed by atoms with Crippen molar-refractivity contribution in [3.63, 3.8) is 0 Å². The van der Waals surface area contributed by atoms with Crippen LogP contribution in [0.2, 0.25) is 0 Å². The number of ether oxygens (including phenoxy) is 1. The quantitative estimate of drug-likeness (QED) is 0.244. The summed E-state index contributed by atoms with van der Waals surface area (Å²) in [4.78, 5) is 44.3. The largest absolute Gasteiger partial charge is 0.507 e. The number of aromatic hydroxyl groups is 2. The van der Waals surface area contributed by atoms with Gasteiger partial charge in [-0.25, -0.2) is 4.98 Å². The second kappa shape index (κ2) is 9.11. The third-order valence-corrected chi connectivity index (χ3v) is 7.69. The number of para-hydroxylation sites is 2. The molecule has 0 amide bonds. The fourth-order valence-corrected chi connectivity index (χ4v) is 5.58. The van der Waals surface area contributed by atoms with E-state index in [1.165, 1.54) is 19.9 Å². The first-order valence-corrected chi connectivity index (χ1v) is 12.9. The van der Waals surface area contributed by atoms with Gasteiger partial charge in [0.25, 0.3) is 0 Å². The number of carbonyl (C=O) groups is 3. The first-order chi connectivity index (χ1) is 18.4. The lowest BCUT2D eigenvalue weighted by molar-refractivity contribution is -0.123. The van der Waals surface area contributed by atoms with Gasteiger partial charge in [0.15, 0.2) is 17.3 Å². The molecule has 1 atom stereocenters. The van der Waals surface area contributed by atoms with E-state index in [0.29, 0.717) is 18.8 Å². The predicted octanol–water partition coefficient (Wildman–Crippen LogP) is 4.33. The number of Topliss-reactive ketones (excluding diaryl/α,β-unsaturated/α-hetero) is 2. The lowest BCUT2D eigenvalue weighted by Gasteiger charge is -2.29. The van der Waals surface area contributed by atoms with E-state index in [2.05, 4.69) is 23.7 Å². The van der Waals surface area contributed by atoms with E-state index >= 15 is 0 Å². The number of phenols is 2. The molecule has 0 saturated carbocycles. The number of hydrogen-bond acceptors (Lipinski definition) is 8. The van der Waals surface area contributed by atoms with Crippen LogP contribution in [0, 0.1) is 6.92 Å². The molecule has 0 bridgehead atoms. The maximum Gasteiger partial charge on any atom is 0.194 e. The van der Waals surface area contributed by atoms with Crippen LogP contribution in [0.3, 0.4) is 0 Å². The van der Waals surface area contributed by atoms with Crippen LogP contribution in [0.1, 0.15) is 67.8 Å². The van der Waals surface area contributed by atoms with Crippen molar-refractivity contribution in [3.8, 4) is 17.2 Å². The van der Waals surface area contributed by atoms with E-state index in [1.807, 2.05) is 24.3 Å². The first kappa shape index (κ1) is 26.2. The minimum atomic E-state index is -1.54. The number of allylic oxidation sites excluding steroid dienone is 4.